The molecular weight excluding hydrogens is 411 g/mol. The highest BCUT2D eigenvalue weighted by Gasteiger charge is 2.20. The second kappa shape index (κ2) is 9.09. The van der Waals surface area contributed by atoms with E-state index in [0.29, 0.717) is 22.8 Å². The van der Waals surface area contributed by atoms with Gasteiger partial charge in [-0.3, -0.25) is 4.99 Å². The summed E-state index contributed by atoms with van der Waals surface area (Å²) in [4.78, 5) is 17.1. The monoisotopic (exact) mass is 428 g/mol. The molecule has 0 saturated carbocycles. The maximum atomic E-state index is 14.0. The molecule has 4 rings (SSSR count). The minimum atomic E-state index is -0.451. The molecule has 1 atom stereocenters. The third-order valence-electron chi connectivity index (χ3n) is 4.57. The Bertz CT molecular complexity index is 1330. The average molecular weight is 428 g/mol. The van der Waals surface area contributed by atoms with Crippen LogP contribution in [0, 0.1) is 17.1 Å². The summed E-state index contributed by atoms with van der Waals surface area (Å²) in [5, 5.41) is 20.4. The van der Waals surface area contributed by atoms with Crippen LogP contribution in [0.5, 0.6) is 0 Å². The summed E-state index contributed by atoms with van der Waals surface area (Å²) in [5.41, 5.74) is 2.10. The quantitative estimate of drug-likeness (QED) is 0.462. The van der Waals surface area contributed by atoms with Gasteiger partial charge >= 0.3 is 0 Å². The fraction of sp³-hybridized carbons (Fsp3) is 0.136. The molecule has 0 amide bonds. The van der Waals surface area contributed by atoms with Crippen molar-refractivity contribution in [1.29, 1.82) is 5.26 Å². The molecule has 32 heavy (non-hydrogen) atoms. The maximum Gasteiger partial charge on any atom is 0.250 e. The number of halogens is 1. The third kappa shape index (κ3) is 4.17. The Morgan fingerprint density at radius 2 is 2.03 bits per heavy atom. The first kappa shape index (κ1) is 20.7. The van der Waals surface area contributed by atoms with Crippen molar-refractivity contribution < 1.29 is 8.81 Å². The van der Waals surface area contributed by atoms with Crippen LogP contribution in [0.3, 0.4) is 0 Å². The van der Waals surface area contributed by atoms with E-state index in [2.05, 4.69) is 35.5 Å². The number of aromatic nitrogens is 5. The molecule has 4 aromatic rings. The van der Waals surface area contributed by atoms with Crippen molar-refractivity contribution in [2.45, 2.75) is 13.0 Å². The number of nitriles is 1. The van der Waals surface area contributed by atoms with Crippen molar-refractivity contribution >= 4 is 11.5 Å². The summed E-state index contributed by atoms with van der Waals surface area (Å²) in [6, 6.07) is 12.8. The summed E-state index contributed by atoms with van der Waals surface area (Å²) in [6.45, 7) is 1.81. The number of anilines is 1. The van der Waals surface area contributed by atoms with Crippen molar-refractivity contribution in [3.8, 4) is 17.5 Å². The molecule has 1 N–H and O–H groups in total. The number of nitrogens with zero attached hydrogens (tertiary/aromatic N) is 7. The molecule has 0 bridgehead atoms. The van der Waals surface area contributed by atoms with E-state index in [0.717, 1.165) is 0 Å². The topological polar surface area (TPSA) is 126 Å². The van der Waals surface area contributed by atoms with Gasteiger partial charge in [0.25, 0.3) is 5.89 Å². The van der Waals surface area contributed by atoms with Crippen LogP contribution in [-0.2, 0) is 0 Å². The van der Waals surface area contributed by atoms with Crippen molar-refractivity contribution in [3.05, 3.63) is 83.6 Å². The van der Waals surface area contributed by atoms with Crippen LogP contribution in [-0.4, -0.2) is 37.9 Å². The number of hydrogen-bond acceptors (Lipinski definition) is 9. The van der Waals surface area contributed by atoms with Crippen LogP contribution < -0.4 is 5.32 Å². The second-order valence-corrected chi connectivity index (χ2v) is 6.67. The lowest BCUT2D eigenvalue weighted by molar-refractivity contribution is 0.481. The molecule has 0 aliphatic carbocycles. The molecular formula is C22H17FN8O. The van der Waals surface area contributed by atoms with Gasteiger partial charge in [-0.15, -0.1) is 10.2 Å². The molecule has 0 aliphatic rings. The van der Waals surface area contributed by atoms with Crippen LogP contribution in [0.25, 0.3) is 11.5 Å². The average Bonchev–Trinajstić information content (AvgIpc) is 3.31. The third-order valence-corrected chi connectivity index (χ3v) is 4.57. The van der Waals surface area contributed by atoms with Crippen LogP contribution in [0.1, 0.15) is 35.8 Å². The van der Waals surface area contributed by atoms with E-state index in [1.54, 1.807) is 49.6 Å². The van der Waals surface area contributed by atoms with E-state index in [1.165, 1.54) is 12.4 Å². The molecule has 158 valence electrons. The van der Waals surface area contributed by atoms with Crippen LogP contribution in [0.4, 0.5) is 10.2 Å². The minimum absolute atomic E-state index is 0.0861. The molecule has 9 nitrogen and oxygen atoms in total. The van der Waals surface area contributed by atoms with Crippen LogP contribution in [0.2, 0.25) is 0 Å². The van der Waals surface area contributed by atoms with Gasteiger partial charge in [0.05, 0.1) is 22.5 Å². The van der Waals surface area contributed by atoms with Gasteiger partial charge in [-0.1, -0.05) is 18.2 Å². The molecule has 1 aromatic carbocycles. The van der Waals surface area contributed by atoms with Gasteiger partial charge in [0, 0.05) is 13.2 Å². The van der Waals surface area contributed by atoms with Gasteiger partial charge in [0.2, 0.25) is 5.89 Å². The van der Waals surface area contributed by atoms with E-state index in [-0.39, 0.29) is 23.0 Å². The van der Waals surface area contributed by atoms with Gasteiger partial charge in [-0.05, 0) is 31.2 Å². The number of benzene rings is 1. The molecule has 3 aromatic heterocycles. The first-order valence-corrected chi connectivity index (χ1v) is 9.60. The fourth-order valence-electron chi connectivity index (χ4n) is 3.04. The molecule has 10 heteroatoms. The lowest BCUT2D eigenvalue weighted by Crippen LogP contribution is -2.15. The Labute approximate surface area is 182 Å². The standard InChI is InChI=1S/C22H17FN8O/c1-13(21-30-31-22(32-21)15-7-3-4-8-17(15)23)28-20-16(11-26-12-27-20)19(25-2)18-9-5-6-14(10-24)29-18/h3-9,11-13H,1-2H3,(H,26,27,28). The van der Waals surface area contributed by atoms with Crippen molar-refractivity contribution in [1.82, 2.24) is 25.1 Å². The van der Waals surface area contributed by atoms with E-state index in [4.69, 9.17) is 9.68 Å². The Morgan fingerprint density at radius 3 is 2.81 bits per heavy atom. The Morgan fingerprint density at radius 1 is 1.19 bits per heavy atom. The maximum absolute atomic E-state index is 14.0. The number of pyridine rings is 1. The number of aliphatic imine (C=N–C) groups is 1. The second-order valence-electron chi connectivity index (χ2n) is 6.67. The highest BCUT2D eigenvalue weighted by molar-refractivity contribution is 6.14. The predicted octanol–water partition coefficient (Wildman–Crippen LogP) is 3.57. The smallest absolute Gasteiger partial charge is 0.250 e. The highest BCUT2D eigenvalue weighted by Crippen LogP contribution is 2.26. The van der Waals surface area contributed by atoms with Crippen molar-refractivity contribution in [3.63, 3.8) is 0 Å². The molecule has 3 heterocycles. The lowest BCUT2D eigenvalue weighted by atomic mass is 10.1. The zero-order valence-electron chi connectivity index (χ0n) is 17.2. The first-order valence-electron chi connectivity index (χ1n) is 9.60. The van der Waals surface area contributed by atoms with Crippen LogP contribution in [0.15, 0.2) is 64.4 Å². The minimum Gasteiger partial charge on any atom is -0.418 e. The fourth-order valence-corrected chi connectivity index (χ4v) is 3.04. The van der Waals surface area contributed by atoms with Crippen LogP contribution >= 0.6 is 0 Å². The Balaban J connectivity index is 1.62. The number of rotatable bonds is 6. The zero-order chi connectivity index (χ0) is 22.5. The van der Waals surface area contributed by atoms with Crippen molar-refractivity contribution in [2.75, 3.05) is 12.4 Å². The van der Waals surface area contributed by atoms with Gasteiger partial charge in [0.15, 0.2) is 0 Å². The molecule has 1 unspecified atom stereocenters. The Kier molecular flexibility index (Phi) is 5.89. The van der Waals surface area contributed by atoms with E-state index < -0.39 is 11.9 Å². The molecule has 0 aliphatic heterocycles. The summed E-state index contributed by atoms with van der Waals surface area (Å²) >= 11 is 0. The van der Waals surface area contributed by atoms with Gasteiger partial charge < -0.3 is 9.73 Å². The first-order chi connectivity index (χ1) is 15.6. The van der Waals surface area contributed by atoms with Gasteiger partial charge in [-0.2, -0.15) is 5.26 Å². The summed E-state index contributed by atoms with van der Waals surface area (Å²) in [7, 11) is 1.62. The predicted molar refractivity (Wildman–Crippen MR) is 114 cm³/mol. The zero-order valence-corrected chi connectivity index (χ0v) is 17.2. The Hall–Kier alpha value is -4.52. The number of hydrogen-bond donors (Lipinski definition) is 1. The summed E-state index contributed by atoms with van der Waals surface area (Å²) in [5.74, 6) is 0.357. The van der Waals surface area contributed by atoms with Crippen molar-refractivity contribution in [2.24, 2.45) is 4.99 Å². The molecule has 0 spiro atoms. The SMILES string of the molecule is CN=C(c1cccc(C#N)n1)c1cncnc1NC(C)c1nnc(-c2ccccc2F)o1. The molecule has 0 saturated heterocycles. The molecule has 0 radical (unpaired) electrons. The molecule has 0 fully saturated rings. The van der Waals surface area contributed by atoms with Gasteiger partial charge in [0.1, 0.15) is 35.8 Å². The van der Waals surface area contributed by atoms with Gasteiger partial charge in [-0.25, -0.2) is 19.3 Å². The normalized spacial score (nSPS) is 12.2. The lowest BCUT2D eigenvalue weighted by Gasteiger charge is -2.15. The van der Waals surface area contributed by atoms with E-state index >= 15 is 0 Å². The largest absolute Gasteiger partial charge is 0.418 e. The number of nitrogens with one attached hydrogen (secondary N) is 1. The highest BCUT2D eigenvalue weighted by atomic mass is 19.1. The van der Waals surface area contributed by atoms with E-state index in [1.807, 2.05) is 13.0 Å². The van der Waals surface area contributed by atoms with E-state index in [9.17, 15) is 4.39 Å². The summed E-state index contributed by atoms with van der Waals surface area (Å²) in [6.07, 6.45) is 2.99. The summed E-state index contributed by atoms with van der Waals surface area (Å²) < 4.78 is 19.7.